The summed E-state index contributed by atoms with van der Waals surface area (Å²) in [4.78, 5) is 12.2. The molecule has 6 heteroatoms. The van der Waals surface area contributed by atoms with Crippen molar-refractivity contribution in [3.05, 3.63) is 36.2 Å². The molecule has 3 aromatic rings. The van der Waals surface area contributed by atoms with Gasteiger partial charge in [-0.15, -0.1) is 11.8 Å². The number of imidazole rings is 1. The normalized spacial score (nSPS) is 13.9. The molecule has 148 valence electrons. The monoisotopic (exact) mass is 396 g/mol. The molecule has 0 bridgehead atoms. The van der Waals surface area contributed by atoms with Crippen LogP contribution in [-0.4, -0.2) is 40.8 Å². The summed E-state index contributed by atoms with van der Waals surface area (Å²) in [6, 6.07) is 6.23. The van der Waals surface area contributed by atoms with Gasteiger partial charge >= 0.3 is 0 Å². The van der Waals surface area contributed by atoms with Crippen molar-refractivity contribution in [1.82, 2.24) is 14.4 Å². The van der Waals surface area contributed by atoms with Crippen LogP contribution in [0.25, 0.3) is 16.9 Å². The number of benzene rings is 1. The number of hydrogen-bond acceptors (Lipinski definition) is 5. The smallest absolute Gasteiger partial charge is 0.166 e. The fraction of sp³-hybridized carbons (Fsp3) is 0.455. The second-order valence-corrected chi connectivity index (χ2v) is 8.30. The van der Waals surface area contributed by atoms with Crippen LogP contribution in [0.3, 0.4) is 0 Å². The molecule has 5 nitrogen and oxygen atoms in total. The van der Waals surface area contributed by atoms with Gasteiger partial charge in [0.05, 0.1) is 7.11 Å². The maximum atomic E-state index is 5.65. The van der Waals surface area contributed by atoms with Gasteiger partial charge in [-0.05, 0) is 56.1 Å². The molecular formula is C22H28N4OS. The number of hydrogen-bond donors (Lipinski definition) is 0. The van der Waals surface area contributed by atoms with Crippen molar-refractivity contribution in [1.29, 1.82) is 0 Å². The van der Waals surface area contributed by atoms with Crippen LogP contribution in [0.15, 0.2) is 35.6 Å². The van der Waals surface area contributed by atoms with E-state index < -0.39 is 0 Å². The van der Waals surface area contributed by atoms with E-state index in [9.17, 15) is 0 Å². The predicted molar refractivity (Wildman–Crippen MR) is 117 cm³/mol. The molecule has 2 aromatic heterocycles. The quantitative estimate of drug-likeness (QED) is 0.498. The van der Waals surface area contributed by atoms with E-state index in [-0.39, 0.29) is 0 Å². The molecule has 0 N–H and O–H groups in total. The van der Waals surface area contributed by atoms with Crippen molar-refractivity contribution in [2.45, 2.75) is 38.1 Å². The fourth-order valence-electron chi connectivity index (χ4n) is 3.72. The maximum absolute atomic E-state index is 5.65. The first-order valence-corrected chi connectivity index (χ1v) is 11.2. The van der Waals surface area contributed by atoms with E-state index in [2.05, 4.69) is 47.6 Å². The zero-order valence-corrected chi connectivity index (χ0v) is 17.9. The SMILES string of the molecule is CCCN(CC1CC1)c1c(SC)nc2c(-c3ccc(C)cc3OC)nccn12. The Morgan fingerprint density at radius 3 is 2.82 bits per heavy atom. The molecule has 0 spiro atoms. The summed E-state index contributed by atoms with van der Waals surface area (Å²) in [5, 5.41) is 1.06. The molecule has 1 aliphatic carbocycles. The van der Waals surface area contributed by atoms with Gasteiger partial charge in [-0.2, -0.15) is 0 Å². The van der Waals surface area contributed by atoms with Crippen LogP contribution in [0.4, 0.5) is 5.82 Å². The third-order valence-corrected chi connectivity index (χ3v) is 5.92. The van der Waals surface area contributed by atoms with Gasteiger partial charge in [-0.1, -0.05) is 13.0 Å². The summed E-state index contributed by atoms with van der Waals surface area (Å²) in [7, 11) is 1.71. The Hall–Kier alpha value is -2.21. The van der Waals surface area contributed by atoms with Crippen LogP contribution >= 0.6 is 11.8 Å². The van der Waals surface area contributed by atoms with Gasteiger partial charge in [0.2, 0.25) is 0 Å². The van der Waals surface area contributed by atoms with Gasteiger partial charge in [0.15, 0.2) is 5.65 Å². The lowest BCUT2D eigenvalue weighted by Gasteiger charge is -2.24. The summed E-state index contributed by atoms with van der Waals surface area (Å²) < 4.78 is 7.86. The van der Waals surface area contributed by atoms with E-state index >= 15 is 0 Å². The minimum atomic E-state index is 0.824. The van der Waals surface area contributed by atoms with Crippen molar-refractivity contribution in [3.8, 4) is 17.0 Å². The van der Waals surface area contributed by atoms with Gasteiger partial charge < -0.3 is 9.64 Å². The molecule has 1 fully saturated rings. The maximum Gasteiger partial charge on any atom is 0.166 e. The number of rotatable bonds is 8. The van der Waals surface area contributed by atoms with E-state index in [1.165, 1.54) is 24.2 Å². The summed E-state index contributed by atoms with van der Waals surface area (Å²) >= 11 is 1.71. The standard InChI is InChI=1S/C22H28N4OS/c1-5-11-25(14-16-7-8-16)22-21(28-4)24-20-19(23-10-12-26(20)22)17-9-6-15(2)13-18(17)27-3/h6,9-10,12-13,16H,5,7-8,11,14H2,1-4H3. The molecule has 1 aliphatic rings. The Labute approximate surface area is 171 Å². The molecule has 1 aromatic carbocycles. The minimum Gasteiger partial charge on any atom is -0.496 e. The van der Waals surface area contributed by atoms with Gasteiger partial charge in [0.1, 0.15) is 22.3 Å². The third kappa shape index (κ3) is 3.58. The highest BCUT2D eigenvalue weighted by Crippen LogP contribution is 2.38. The second kappa shape index (κ2) is 8.03. The number of aryl methyl sites for hydroxylation is 1. The van der Waals surface area contributed by atoms with Crippen molar-refractivity contribution < 1.29 is 4.74 Å². The predicted octanol–water partition coefficient (Wildman–Crippen LogP) is 5.06. The molecular weight excluding hydrogens is 368 g/mol. The topological polar surface area (TPSA) is 42.7 Å². The van der Waals surface area contributed by atoms with E-state index in [0.717, 1.165) is 53.1 Å². The number of methoxy groups -OCH3 is 1. The molecule has 0 atom stereocenters. The van der Waals surface area contributed by atoms with E-state index in [4.69, 9.17) is 14.7 Å². The summed E-state index contributed by atoms with van der Waals surface area (Å²) in [6.07, 6.45) is 9.83. The molecule has 0 aliphatic heterocycles. The van der Waals surface area contributed by atoms with Crippen molar-refractivity contribution in [2.24, 2.45) is 5.92 Å². The minimum absolute atomic E-state index is 0.824. The largest absolute Gasteiger partial charge is 0.496 e. The first-order valence-electron chi connectivity index (χ1n) is 9.97. The van der Waals surface area contributed by atoms with Gasteiger partial charge in [-0.25, -0.2) is 4.98 Å². The van der Waals surface area contributed by atoms with Crippen LogP contribution in [0, 0.1) is 12.8 Å². The fourth-order valence-corrected chi connectivity index (χ4v) is 4.31. The van der Waals surface area contributed by atoms with E-state index in [0.29, 0.717) is 0 Å². The number of ether oxygens (including phenoxy) is 1. The van der Waals surface area contributed by atoms with Crippen molar-refractivity contribution in [3.63, 3.8) is 0 Å². The molecule has 1 saturated carbocycles. The molecule has 0 amide bonds. The summed E-state index contributed by atoms with van der Waals surface area (Å²) in [5.74, 6) is 2.86. The zero-order chi connectivity index (χ0) is 19.7. The Kier molecular flexibility index (Phi) is 5.49. The Bertz CT molecular complexity index is 980. The first kappa shape index (κ1) is 19.1. The number of thioether (sulfide) groups is 1. The highest BCUT2D eigenvalue weighted by Gasteiger charge is 2.28. The number of aromatic nitrogens is 3. The van der Waals surface area contributed by atoms with Crippen molar-refractivity contribution in [2.75, 3.05) is 31.4 Å². The lowest BCUT2D eigenvalue weighted by atomic mass is 10.1. The van der Waals surface area contributed by atoms with E-state index in [1.807, 2.05) is 12.4 Å². The summed E-state index contributed by atoms with van der Waals surface area (Å²) in [6.45, 7) is 6.47. The van der Waals surface area contributed by atoms with Crippen LogP contribution in [0.1, 0.15) is 31.7 Å². The Morgan fingerprint density at radius 1 is 1.32 bits per heavy atom. The lowest BCUT2D eigenvalue weighted by Crippen LogP contribution is -2.28. The molecule has 28 heavy (non-hydrogen) atoms. The van der Waals surface area contributed by atoms with Crippen LogP contribution < -0.4 is 9.64 Å². The molecule has 0 unspecified atom stereocenters. The second-order valence-electron chi connectivity index (χ2n) is 7.51. The molecule has 2 heterocycles. The average molecular weight is 397 g/mol. The number of fused-ring (bicyclic) bond motifs is 1. The van der Waals surface area contributed by atoms with E-state index in [1.54, 1.807) is 18.9 Å². The molecule has 0 saturated heterocycles. The molecule has 0 radical (unpaired) electrons. The van der Waals surface area contributed by atoms with Gasteiger partial charge in [0.25, 0.3) is 0 Å². The molecule has 4 rings (SSSR count). The number of nitrogens with zero attached hydrogens (tertiary/aromatic N) is 4. The Balaban J connectivity index is 1.88. The van der Waals surface area contributed by atoms with Crippen molar-refractivity contribution >= 4 is 23.2 Å². The third-order valence-electron chi connectivity index (χ3n) is 5.26. The van der Waals surface area contributed by atoms with Crippen LogP contribution in [0.2, 0.25) is 0 Å². The zero-order valence-electron chi connectivity index (χ0n) is 17.1. The van der Waals surface area contributed by atoms with Gasteiger partial charge in [0, 0.05) is 31.0 Å². The van der Waals surface area contributed by atoms with Crippen LogP contribution in [0.5, 0.6) is 5.75 Å². The highest BCUT2D eigenvalue weighted by atomic mass is 32.2. The van der Waals surface area contributed by atoms with Crippen LogP contribution in [-0.2, 0) is 0 Å². The van der Waals surface area contributed by atoms with Gasteiger partial charge in [-0.3, -0.25) is 9.38 Å². The first-order chi connectivity index (χ1) is 13.7. The average Bonchev–Trinajstić information content (AvgIpc) is 3.44. The number of anilines is 1. The lowest BCUT2D eigenvalue weighted by molar-refractivity contribution is 0.416. The highest BCUT2D eigenvalue weighted by molar-refractivity contribution is 7.98. The summed E-state index contributed by atoms with van der Waals surface area (Å²) in [5.41, 5.74) is 3.90. The Morgan fingerprint density at radius 2 is 2.14 bits per heavy atom.